The summed E-state index contributed by atoms with van der Waals surface area (Å²) in [6.07, 6.45) is 3.93. The lowest BCUT2D eigenvalue weighted by molar-refractivity contribution is -0.153. The summed E-state index contributed by atoms with van der Waals surface area (Å²) < 4.78 is 10.4. The molecule has 0 heterocycles. The third-order valence-corrected chi connectivity index (χ3v) is 5.01. The van der Waals surface area contributed by atoms with Crippen LogP contribution in [0.4, 0.5) is 0 Å². The van der Waals surface area contributed by atoms with Gasteiger partial charge >= 0.3 is 11.9 Å². The van der Waals surface area contributed by atoms with Gasteiger partial charge in [-0.15, -0.1) is 0 Å². The fraction of sp³-hybridized carbons (Fsp3) is 0.882. The van der Waals surface area contributed by atoms with Crippen molar-refractivity contribution in [1.29, 1.82) is 0 Å². The van der Waals surface area contributed by atoms with Gasteiger partial charge in [0.25, 0.3) is 0 Å². The van der Waals surface area contributed by atoms with E-state index in [4.69, 9.17) is 9.47 Å². The van der Waals surface area contributed by atoms with Gasteiger partial charge in [0.15, 0.2) is 0 Å². The van der Waals surface area contributed by atoms with Crippen molar-refractivity contribution in [3.05, 3.63) is 0 Å². The number of aliphatic carboxylic acids is 1. The molecule has 0 bridgehead atoms. The molecule has 0 saturated heterocycles. The zero-order chi connectivity index (χ0) is 17.2. The first kappa shape index (κ1) is 20.9. The molecule has 0 rings (SSSR count). The third kappa shape index (κ3) is 5.59. The van der Waals surface area contributed by atoms with Crippen molar-refractivity contribution in [2.24, 2.45) is 10.8 Å². The molecule has 130 valence electrons. The van der Waals surface area contributed by atoms with Crippen LogP contribution in [0.3, 0.4) is 0 Å². The quantitative estimate of drug-likeness (QED) is 0.439. The van der Waals surface area contributed by atoms with Crippen LogP contribution in [0.1, 0.15) is 66.2 Å². The summed E-state index contributed by atoms with van der Waals surface area (Å²) in [5, 5.41) is 9.36. The van der Waals surface area contributed by atoms with Gasteiger partial charge in [-0.25, -0.2) is 0 Å². The van der Waals surface area contributed by atoms with E-state index >= 15 is 0 Å². The van der Waals surface area contributed by atoms with Gasteiger partial charge < -0.3 is 14.6 Å². The van der Waals surface area contributed by atoms with Crippen molar-refractivity contribution in [3.63, 3.8) is 0 Å². The number of hydrogen-bond donors (Lipinski definition) is 1. The second-order valence-corrected chi connectivity index (χ2v) is 6.16. The number of ether oxygens (including phenoxy) is 2. The van der Waals surface area contributed by atoms with E-state index in [-0.39, 0.29) is 5.97 Å². The van der Waals surface area contributed by atoms with E-state index in [1.807, 2.05) is 27.7 Å². The molecular formula is C17H32O5. The van der Waals surface area contributed by atoms with Gasteiger partial charge in [0.1, 0.15) is 0 Å². The van der Waals surface area contributed by atoms with Crippen molar-refractivity contribution < 1.29 is 24.2 Å². The summed E-state index contributed by atoms with van der Waals surface area (Å²) in [7, 11) is 1.40. The standard InChI is InChI=1S/C17H32O5/c1-6-16(4,15(20)21-5)11-13-22-12-9-10-17(7-2,8-3)14(18)19/h6-13H2,1-5H3,(H,18,19). The highest BCUT2D eigenvalue weighted by atomic mass is 16.5. The van der Waals surface area contributed by atoms with E-state index in [0.717, 1.165) is 6.42 Å². The number of esters is 1. The van der Waals surface area contributed by atoms with Crippen LogP contribution < -0.4 is 0 Å². The molecule has 1 unspecified atom stereocenters. The van der Waals surface area contributed by atoms with Gasteiger partial charge in [0, 0.05) is 13.2 Å². The third-order valence-electron chi connectivity index (χ3n) is 5.01. The topological polar surface area (TPSA) is 72.8 Å². The highest BCUT2D eigenvalue weighted by Gasteiger charge is 2.34. The van der Waals surface area contributed by atoms with Crippen molar-refractivity contribution in [3.8, 4) is 0 Å². The van der Waals surface area contributed by atoms with Gasteiger partial charge in [-0.3, -0.25) is 9.59 Å². The van der Waals surface area contributed by atoms with Crippen LogP contribution in [0.2, 0.25) is 0 Å². The van der Waals surface area contributed by atoms with E-state index in [9.17, 15) is 14.7 Å². The predicted molar refractivity (Wildman–Crippen MR) is 85.7 cm³/mol. The Morgan fingerprint density at radius 2 is 1.59 bits per heavy atom. The SMILES string of the molecule is CCC(C)(CCOCCCC(CC)(CC)C(=O)O)C(=O)OC. The monoisotopic (exact) mass is 316 g/mol. The average Bonchev–Trinajstić information content (AvgIpc) is 2.53. The Labute approximate surface area is 134 Å². The highest BCUT2D eigenvalue weighted by Crippen LogP contribution is 2.32. The molecule has 0 amide bonds. The first-order chi connectivity index (χ1) is 10.3. The molecule has 1 N–H and O–H groups in total. The zero-order valence-electron chi connectivity index (χ0n) is 14.7. The summed E-state index contributed by atoms with van der Waals surface area (Å²) in [4.78, 5) is 23.1. The maximum absolute atomic E-state index is 11.7. The van der Waals surface area contributed by atoms with Crippen molar-refractivity contribution in [1.82, 2.24) is 0 Å². The maximum Gasteiger partial charge on any atom is 0.311 e. The molecule has 1 atom stereocenters. The van der Waals surface area contributed by atoms with Crippen molar-refractivity contribution >= 4 is 11.9 Å². The fourth-order valence-corrected chi connectivity index (χ4v) is 2.59. The zero-order valence-corrected chi connectivity index (χ0v) is 14.7. The summed E-state index contributed by atoms with van der Waals surface area (Å²) >= 11 is 0. The van der Waals surface area contributed by atoms with Gasteiger partial charge in [0.05, 0.1) is 17.9 Å². The number of carboxylic acids is 1. The number of carbonyl (C=O) groups excluding carboxylic acids is 1. The average molecular weight is 316 g/mol. The molecule has 0 aliphatic carbocycles. The lowest BCUT2D eigenvalue weighted by Crippen LogP contribution is -2.30. The minimum atomic E-state index is -0.721. The molecule has 22 heavy (non-hydrogen) atoms. The van der Waals surface area contributed by atoms with Crippen LogP contribution in [0.25, 0.3) is 0 Å². The Bertz CT molecular complexity index is 349. The smallest absolute Gasteiger partial charge is 0.311 e. The highest BCUT2D eigenvalue weighted by molar-refractivity contribution is 5.76. The molecule has 0 fully saturated rings. The van der Waals surface area contributed by atoms with E-state index in [2.05, 4.69) is 0 Å². The predicted octanol–water partition coefficient (Wildman–Crippen LogP) is 3.65. The first-order valence-electron chi connectivity index (χ1n) is 8.21. The molecule has 0 radical (unpaired) electrons. The van der Waals surface area contributed by atoms with Crippen LogP contribution in [0, 0.1) is 10.8 Å². The maximum atomic E-state index is 11.7. The first-order valence-corrected chi connectivity index (χ1v) is 8.21. The summed E-state index contributed by atoms with van der Waals surface area (Å²) in [5.41, 5.74) is -1.14. The van der Waals surface area contributed by atoms with Crippen molar-refractivity contribution in [2.75, 3.05) is 20.3 Å². The molecule has 5 nitrogen and oxygen atoms in total. The van der Waals surface area contributed by atoms with Crippen LogP contribution in [-0.2, 0) is 19.1 Å². The van der Waals surface area contributed by atoms with E-state index < -0.39 is 16.8 Å². The van der Waals surface area contributed by atoms with Crippen LogP contribution in [-0.4, -0.2) is 37.4 Å². The normalized spacial score (nSPS) is 14.4. The van der Waals surface area contributed by atoms with Gasteiger partial charge in [-0.2, -0.15) is 0 Å². The second-order valence-electron chi connectivity index (χ2n) is 6.16. The second kappa shape index (κ2) is 9.82. The Morgan fingerprint density at radius 1 is 1.00 bits per heavy atom. The lowest BCUT2D eigenvalue weighted by atomic mass is 9.78. The molecule has 0 aromatic rings. The van der Waals surface area contributed by atoms with Gasteiger partial charge in [-0.1, -0.05) is 20.8 Å². The minimum absolute atomic E-state index is 0.208. The molecule has 5 heteroatoms. The van der Waals surface area contributed by atoms with Gasteiger partial charge in [-0.05, 0) is 45.4 Å². The molecule has 0 saturated carbocycles. The van der Waals surface area contributed by atoms with Gasteiger partial charge in [0.2, 0.25) is 0 Å². The van der Waals surface area contributed by atoms with E-state index in [1.165, 1.54) is 7.11 Å². The van der Waals surface area contributed by atoms with Crippen LogP contribution in [0.15, 0.2) is 0 Å². The Hall–Kier alpha value is -1.10. The van der Waals surface area contributed by atoms with Crippen LogP contribution >= 0.6 is 0 Å². The number of carbonyl (C=O) groups is 2. The Kier molecular flexibility index (Phi) is 9.33. The molecule has 0 aromatic carbocycles. The molecule has 0 aliphatic heterocycles. The number of carboxylic acid groups (broad SMARTS) is 1. The lowest BCUT2D eigenvalue weighted by Gasteiger charge is -2.27. The largest absolute Gasteiger partial charge is 0.481 e. The van der Waals surface area contributed by atoms with E-state index in [1.54, 1.807) is 0 Å². The fourth-order valence-electron chi connectivity index (χ4n) is 2.59. The number of hydrogen-bond acceptors (Lipinski definition) is 4. The van der Waals surface area contributed by atoms with Crippen LogP contribution in [0.5, 0.6) is 0 Å². The Balaban J connectivity index is 4.13. The number of methoxy groups -OCH3 is 1. The summed E-state index contributed by atoms with van der Waals surface area (Å²) in [5.74, 6) is -0.929. The summed E-state index contributed by atoms with van der Waals surface area (Å²) in [6, 6.07) is 0. The number of rotatable bonds is 12. The minimum Gasteiger partial charge on any atom is -0.481 e. The van der Waals surface area contributed by atoms with Crippen molar-refractivity contribution in [2.45, 2.75) is 66.2 Å². The molecular weight excluding hydrogens is 284 g/mol. The summed E-state index contributed by atoms with van der Waals surface area (Å²) in [6.45, 7) is 8.68. The Morgan fingerprint density at radius 3 is 2.00 bits per heavy atom. The van der Waals surface area contributed by atoms with E-state index in [0.29, 0.717) is 45.3 Å². The molecule has 0 aromatic heterocycles. The molecule has 0 aliphatic rings. The molecule has 0 spiro atoms.